The van der Waals surface area contributed by atoms with Gasteiger partial charge in [-0.2, -0.15) is 0 Å². The summed E-state index contributed by atoms with van der Waals surface area (Å²) in [6, 6.07) is 7.11. The quantitative estimate of drug-likeness (QED) is 0.513. The minimum Gasteiger partial charge on any atom is -0.486 e. The van der Waals surface area contributed by atoms with Crippen LogP contribution in [0.4, 0.5) is 16.2 Å². The number of hydrogen-bond acceptors (Lipinski definition) is 8. The second-order valence-electron chi connectivity index (χ2n) is 9.36. The second kappa shape index (κ2) is 11.0. The van der Waals surface area contributed by atoms with Crippen LogP contribution in [0.2, 0.25) is 10.0 Å². The van der Waals surface area contributed by atoms with Gasteiger partial charge in [-0.25, -0.2) is 4.79 Å². The van der Waals surface area contributed by atoms with Gasteiger partial charge in [-0.3, -0.25) is 0 Å². The predicted molar refractivity (Wildman–Crippen MR) is 139 cm³/mol. The zero-order valence-electron chi connectivity index (χ0n) is 20.6. The van der Waals surface area contributed by atoms with Crippen molar-refractivity contribution in [2.75, 3.05) is 63.2 Å². The number of anilines is 2. The summed E-state index contributed by atoms with van der Waals surface area (Å²) in [5.74, 6) is 2.64. The number of nitrogen functional groups attached to an aromatic ring is 1. The van der Waals surface area contributed by atoms with Gasteiger partial charge in [0.2, 0.25) is 0 Å². The predicted octanol–water partition coefficient (Wildman–Crippen LogP) is 4.86. The average Bonchev–Trinajstić information content (AvgIpc) is 2.86. The van der Waals surface area contributed by atoms with Crippen molar-refractivity contribution in [1.82, 2.24) is 4.90 Å². The van der Waals surface area contributed by atoms with Crippen molar-refractivity contribution in [3.05, 3.63) is 34.3 Å². The molecule has 0 radical (unpaired) electrons. The molecule has 196 valence electrons. The lowest BCUT2D eigenvalue weighted by atomic mass is 10.2. The van der Waals surface area contributed by atoms with Crippen molar-refractivity contribution >= 4 is 40.7 Å². The summed E-state index contributed by atoms with van der Waals surface area (Å²) < 4.78 is 27.4. The molecule has 0 aromatic heterocycles. The number of fused-ring (bicyclic) bond motifs is 2. The molecule has 3 aliphatic heterocycles. The zero-order valence-corrected chi connectivity index (χ0v) is 22.2. The van der Waals surface area contributed by atoms with Gasteiger partial charge >= 0.3 is 6.09 Å². The first kappa shape index (κ1) is 26.2. The van der Waals surface area contributed by atoms with E-state index >= 15 is 0 Å². The van der Waals surface area contributed by atoms with Gasteiger partial charge in [0.05, 0.1) is 15.7 Å². The number of amides is 1. The van der Waals surface area contributed by atoms with Crippen LogP contribution >= 0.6 is 23.2 Å². The second-order valence-corrected chi connectivity index (χ2v) is 10.2. The Kier molecular flexibility index (Phi) is 8.00. The van der Waals surface area contributed by atoms with Crippen LogP contribution in [0.15, 0.2) is 24.3 Å². The summed E-state index contributed by atoms with van der Waals surface area (Å²) >= 11 is 12.2. The number of ether oxygens (including phenoxy) is 5. The van der Waals surface area contributed by atoms with E-state index in [1.165, 1.54) is 0 Å². The molecule has 2 aromatic rings. The van der Waals surface area contributed by atoms with Crippen molar-refractivity contribution in [3.8, 4) is 23.0 Å². The van der Waals surface area contributed by atoms with E-state index in [4.69, 9.17) is 52.6 Å². The summed E-state index contributed by atoms with van der Waals surface area (Å²) in [6.45, 7) is 10.2. The molecule has 11 heteroatoms. The topological polar surface area (TPSA) is 95.7 Å². The molecule has 0 aliphatic carbocycles. The Hall–Kier alpha value is -2.91. The van der Waals surface area contributed by atoms with Crippen LogP contribution in [-0.4, -0.2) is 69.2 Å². The number of benzene rings is 2. The van der Waals surface area contributed by atoms with Crippen molar-refractivity contribution in [1.29, 1.82) is 0 Å². The lowest BCUT2D eigenvalue weighted by Crippen LogP contribution is -2.50. The minimum absolute atomic E-state index is 0.275. The molecule has 0 bridgehead atoms. The van der Waals surface area contributed by atoms with Crippen molar-refractivity contribution < 1.29 is 28.5 Å². The SMILES string of the molecule is CC(C)(C)OC(=O)N1CCN(c2c(Cl)ccc3c2OCCO3)CC1.Nc1c(Cl)ccc2c1OCCO2. The van der Waals surface area contributed by atoms with Crippen molar-refractivity contribution in [3.63, 3.8) is 0 Å². The van der Waals surface area contributed by atoms with E-state index in [0.29, 0.717) is 85.6 Å². The van der Waals surface area contributed by atoms with Crippen LogP contribution in [-0.2, 0) is 4.74 Å². The molecule has 2 aromatic carbocycles. The summed E-state index contributed by atoms with van der Waals surface area (Å²) in [7, 11) is 0. The van der Waals surface area contributed by atoms with Gasteiger partial charge in [0.25, 0.3) is 0 Å². The molecule has 0 atom stereocenters. The van der Waals surface area contributed by atoms with Gasteiger partial charge in [0.1, 0.15) is 37.7 Å². The maximum Gasteiger partial charge on any atom is 0.410 e. The van der Waals surface area contributed by atoms with E-state index in [1.54, 1.807) is 17.0 Å². The molecule has 2 N–H and O–H groups in total. The molecular weight excluding hydrogens is 509 g/mol. The van der Waals surface area contributed by atoms with Crippen LogP contribution < -0.4 is 29.6 Å². The van der Waals surface area contributed by atoms with Crippen LogP contribution in [0.5, 0.6) is 23.0 Å². The van der Waals surface area contributed by atoms with Gasteiger partial charge < -0.3 is 39.2 Å². The highest BCUT2D eigenvalue weighted by Crippen LogP contribution is 2.44. The van der Waals surface area contributed by atoms with Crippen molar-refractivity contribution in [2.45, 2.75) is 26.4 Å². The van der Waals surface area contributed by atoms with E-state index < -0.39 is 5.60 Å². The van der Waals surface area contributed by atoms with E-state index in [9.17, 15) is 4.79 Å². The Bertz CT molecular complexity index is 1100. The Labute approximate surface area is 220 Å². The number of rotatable bonds is 1. The first-order chi connectivity index (χ1) is 17.1. The molecule has 0 spiro atoms. The summed E-state index contributed by atoms with van der Waals surface area (Å²) in [6.07, 6.45) is -0.275. The van der Waals surface area contributed by atoms with Gasteiger partial charge in [-0.15, -0.1) is 0 Å². The molecule has 1 saturated heterocycles. The molecular formula is C25H31Cl2N3O6. The Morgan fingerprint density at radius 3 is 1.97 bits per heavy atom. The maximum absolute atomic E-state index is 12.2. The lowest BCUT2D eigenvalue weighted by molar-refractivity contribution is 0.0240. The zero-order chi connectivity index (χ0) is 25.9. The van der Waals surface area contributed by atoms with E-state index in [2.05, 4.69) is 4.90 Å². The third kappa shape index (κ3) is 6.07. The molecule has 5 rings (SSSR count). The van der Waals surface area contributed by atoms with E-state index in [1.807, 2.05) is 32.9 Å². The molecule has 36 heavy (non-hydrogen) atoms. The van der Waals surface area contributed by atoms with Crippen LogP contribution in [0, 0.1) is 0 Å². The molecule has 9 nitrogen and oxygen atoms in total. The minimum atomic E-state index is -0.485. The fourth-order valence-corrected chi connectivity index (χ4v) is 4.34. The number of hydrogen-bond donors (Lipinski definition) is 1. The monoisotopic (exact) mass is 539 g/mol. The molecule has 0 saturated carbocycles. The normalized spacial score (nSPS) is 16.6. The molecule has 1 fully saturated rings. The largest absolute Gasteiger partial charge is 0.486 e. The van der Waals surface area contributed by atoms with Gasteiger partial charge in [0.15, 0.2) is 23.0 Å². The molecule has 1 amide bonds. The fraction of sp³-hybridized carbons (Fsp3) is 0.480. The highest BCUT2D eigenvalue weighted by molar-refractivity contribution is 6.34. The Balaban J connectivity index is 0.000000211. The number of nitrogens with zero attached hydrogens (tertiary/aromatic N) is 2. The highest BCUT2D eigenvalue weighted by atomic mass is 35.5. The molecule has 0 unspecified atom stereocenters. The van der Waals surface area contributed by atoms with Crippen LogP contribution in [0.25, 0.3) is 0 Å². The van der Waals surface area contributed by atoms with E-state index in [0.717, 1.165) is 11.4 Å². The highest BCUT2D eigenvalue weighted by Gasteiger charge is 2.29. The van der Waals surface area contributed by atoms with Gasteiger partial charge in [-0.05, 0) is 45.0 Å². The van der Waals surface area contributed by atoms with Crippen molar-refractivity contribution in [2.24, 2.45) is 0 Å². The first-order valence-corrected chi connectivity index (χ1v) is 12.5. The molecule has 3 aliphatic rings. The number of carbonyl (C=O) groups excluding carboxylic acids is 1. The van der Waals surface area contributed by atoms with Gasteiger partial charge in [0, 0.05) is 26.2 Å². The van der Waals surface area contributed by atoms with Gasteiger partial charge in [-0.1, -0.05) is 23.2 Å². The van der Waals surface area contributed by atoms with Crippen LogP contribution in [0.1, 0.15) is 20.8 Å². The molecule has 3 heterocycles. The average molecular weight is 540 g/mol. The Morgan fingerprint density at radius 1 is 0.833 bits per heavy atom. The lowest BCUT2D eigenvalue weighted by Gasteiger charge is -2.38. The number of nitrogens with two attached hydrogens (primary N) is 1. The fourth-order valence-electron chi connectivity index (χ4n) is 3.92. The third-order valence-electron chi connectivity index (χ3n) is 5.58. The Morgan fingerprint density at radius 2 is 1.36 bits per heavy atom. The summed E-state index contributed by atoms with van der Waals surface area (Å²) in [5, 5.41) is 1.13. The first-order valence-electron chi connectivity index (χ1n) is 11.8. The number of piperazine rings is 1. The number of carbonyl (C=O) groups is 1. The number of halogens is 2. The van der Waals surface area contributed by atoms with E-state index in [-0.39, 0.29) is 6.09 Å². The summed E-state index contributed by atoms with van der Waals surface area (Å²) in [4.78, 5) is 16.0. The smallest absolute Gasteiger partial charge is 0.410 e. The third-order valence-corrected chi connectivity index (χ3v) is 6.21. The summed E-state index contributed by atoms with van der Waals surface area (Å²) in [5.41, 5.74) is 6.48. The standard InChI is InChI=1S/C17H23ClN2O4.C8H8ClNO2/c1-17(2,3)24-16(21)20-8-6-19(7-9-20)14-12(18)4-5-13-15(14)23-11-10-22-13;9-5-1-2-6-8(7(5)10)12-4-3-11-6/h4-5H,6-11H2,1-3H3;1-2H,3-4,10H2. The van der Waals surface area contributed by atoms with Crippen LogP contribution in [0.3, 0.4) is 0 Å². The maximum atomic E-state index is 12.2.